The van der Waals surface area contributed by atoms with Crippen molar-refractivity contribution in [2.45, 2.75) is 11.4 Å². The second-order valence-electron chi connectivity index (χ2n) is 4.00. The third-order valence-electron chi connectivity index (χ3n) is 2.67. The van der Waals surface area contributed by atoms with Crippen molar-refractivity contribution in [3.8, 4) is 5.75 Å². The summed E-state index contributed by atoms with van der Waals surface area (Å²) in [5.41, 5.74) is 6.07. The van der Waals surface area contributed by atoms with Crippen molar-refractivity contribution in [3.05, 3.63) is 36.7 Å². The fourth-order valence-corrected chi connectivity index (χ4v) is 3.07. The van der Waals surface area contributed by atoms with Crippen LogP contribution in [0.15, 0.2) is 41.6 Å². The highest BCUT2D eigenvalue weighted by atomic mass is 32.2. The van der Waals surface area contributed by atoms with E-state index in [0.29, 0.717) is 12.2 Å². The number of methoxy groups -OCH3 is 1. The predicted molar refractivity (Wildman–Crippen MR) is 71.7 cm³/mol. The molecule has 7 heteroatoms. The second-order valence-corrected chi connectivity index (χ2v) is 6.08. The molecule has 0 fully saturated rings. The highest BCUT2D eigenvalue weighted by molar-refractivity contribution is 7.91. The van der Waals surface area contributed by atoms with Crippen LogP contribution in [0.2, 0.25) is 0 Å². The number of aryl methyl sites for hydroxylation is 1. The minimum absolute atomic E-state index is 0.0467. The van der Waals surface area contributed by atoms with Crippen LogP contribution in [0.4, 0.5) is 5.69 Å². The summed E-state index contributed by atoms with van der Waals surface area (Å²) in [5, 5.41) is 3.97. The normalized spacial score (nSPS) is 11.4. The van der Waals surface area contributed by atoms with Gasteiger partial charge in [0.1, 0.15) is 10.6 Å². The van der Waals surface area contributed by atoms with Gasteiger partial charge in [-0.25, -0.2) is 8.42 Å². The van der Waals surface area contributed by atoms with Gasteiger partial charge >= 0.3 is 0 Å². The summed E-state index contributed by atoms with van der Waals surface area (Å²) >= 11 is 0. The van der Waals surface area contributed by atoms with Crippen LogP contribution >= 0.6 is 0 Å². The van der Waals surface area contributed by atoms with Gasteiger partial charge in [-0.1, -0.05) is 0 Å². The van der Waals surface area contributed by atoms with Crippen molar-refractivity contribution < 1.29 is 13.2 Å². The lowest BCUT2D eigenvalue weighted by atomic mass is 10.3. The van der Waals surface area contributed by atoms with Crippen LogP contribution in [-0.4, -0.2) is 31.1 Å². The van der Waals surface area contributed by atoms with Crippen molar-refractivity contribution >= 4 is 15.5 Å². The van der Waals surface area contributed by atoms with Crippen molar-refractivity contribution in [2.75, 3.05) is 18.6 Å². The predicted octanol–water partition coefficient (Wildman–Crippen LogP) is 0.948. The molecule has 0 amide bonds. The van der Waals surface area contributed by atoms with Gasteiger partial charge in [0.2, 0.25) is 0 Å². The molecule has 1 heterocycles. The fourth-order valence-electron chi connectivity index (χ4n) is 1.70. The Morgan fingerprint density at radius 2 is 2.21 bits per heavy atom. The van der Waals surface area contributed by atoms with E-state index in [-0.39, 0.29) is 16.4 Å². The lowest BCUT2D eigenvalue weighted by Crippen LogP contribution is -2.14. The molecule has 0 saturated carbocycles. The summed E-state index contributed by atoms with van der Waals surface area (Å²) in [6, 6.07) is 6.26. The summed E-state index contributed by atoms with van der Waals surface area (Å²) in [4.78, 5) is 0.149. The van der Waals surface area contributed by atoms with Crippen molar-refractivity contribution in [1.82, 2.24) is 9.78 Å². The number of nitrogens with zero attached hydrogens (tertiary/aromatic N) is 2. The van der Waals surface area contributed by atoms with E-state index in [1.165, 1.54) is 19.2 Å². The molecular weight excluding hydrogens is 266 g/mol. The average Bonchev–Trinajstić information content (AvgIpc) is 2.89. The molecule has 2 rings (SSSR count). The summed E-state index contributed by atoms with van der Waals surface area (Å²) in [7, 11) is -2.02. The Morgan fingerprint density at radius 1 is 1.42 bits per heavy atom. The molecule has 1 aromatic heterocycles. The molecule has 0 spiro atoms. The monoisotopic (exact) mass is 281 g/mol. The van der Waals surface area contributed by atoms with Gasteiger partial charge in [-0.3, -0.25) is 4.68 Å². The molecule has 0 aliphatic carbocycles. The van der Waals surface area contributed by atoms with Crippen LogP contribution in [0.5, 0.6) is 5.75 Å². The van der Waals surface area contributed by atoms with Crippen LogP contribution in [0, 0.1) is 0 Å². The van der Waals surface area contributed by atoms with Gasteiger partial charge in [0, 0.05) is 24.1 Å². The van der Waals surface area contributed by atoms with Crippen LogP contribution in [-0.2, 0) is 16.4 Å². The number of hydrogen-bond donors (Lipinski definition) is 1. The minimum atomic E-state index is -3.44. The minimum Gasteiger partial charge on any atom is -0.495 e. The lowest BCUT2D eigenvalue weighted by Gasteiger charge is -2.10. The van der Waals surface area contributed by atoms with Crippen molar-refractivity contribution in [3.63, 3.8) is 0 Å². The van der Waals surface area contributed by atoms with Crippen LogP contribution in [0.1, 0.15) is 0 Å². The third-order valence-corrected chi connectivity index (χ3v) is 4.40. The molecule has 6 nitrogen and oxygen atoms in total. The third kappa shape index (κ3) is 3.05. The number of nitrogens with two attached hydrogens (primary N) is 1. The first-order chi connectivity index (χ1) is 9.03. The lowest BCUT2D eigenvalue weighted by molar-refractivity contribution is 0.403. The maximum absolute atomic E-state index is 12.3. The van der Waals surface area contributed by atoms with E-state index in [1.54, 1.807) is 29.2 Å². The summed E-state index contributed by atoms with van der Waals surface area (Å²) < 4.78 is 31.2. The maximum atomic E-state index is 12.3. The summed E-state index contributed by atoms with van der Waals surface area (Å²) in [6.45, 7) is 0.295. The quantitative estimate of drug-likeness (QED) is 0.824. The van der Waals surface area contributed by atoms with Gasteiger partial charge in [0.25, 0.3) is 0 Å². The number of nitrogen functional groups attached to an aromatic ring is 1. The van der Waals surface area contributed by atoms with Gasteiger partial charge in [0.15, 0.2) is 9.84 Å². The molecule has 2 N–H and O–H groups in total. The first-order valence-electron chi connectivity index (χ1n) is 5.66. The Kier molecular flexibility index (Phi) is 3.75. The Labute approximate surface area is 111 Å². The highest BCUT2D eigenvalue weighted by Gasteiger charge is 2.19. The van der Waals surface area contributed by atoms with Crippen molar-refractivity contribution in [2.24, 2.45) is 0 Å². The number of hydrogen-bond acceptors (Lipinski definition) is 5. The van der Waals surface area contributed by atoms with Gasteiger partial charge in [0.05, 0.1) is 19.4 Å². The Morgan fingerprint density at radius 3 is 2.84 bits per heavy atom. The molecule has 0 radical (unpaired) electrons. The highest BCUT2D eigenvalue weighted by Crippen LogP contribution is 2.26. The van der Waals surface area contributed by atoms with Crippen molar-refractivity contribution in [1.29, 1.82) is 0 Å². The second kappa shape index (κ2) is 5.31. The molecule has 1 aromatic carbocycles. The average molecular weight is 281 g/mol. The van der Waals surface area contributed by atoms with Gasteiger partial charge < -0.3 is 10.5 Å². The van der Waals surface area contributed by atoms with E-state index in [9.17, 15) is 8.42 Å². The van der Waals surface area contributed by atoms with Gasteiger partial charge in [-0.05, 0) is 18.2 Å². The molecule has 0 aliphatic rings. The van der Waals surface area contributed by atoms with Gasteiger partial charge in [-0.2, -0.15) is 5.10 Å². The zero-order chi connectivity index (χ0) is 13.9. The number of sulfone groups is 1. The number of ether oxygens (including phenoxy) is 1. The Bertz CT molecular complexity index is 651. The molecule has 0 bridgehead atoms. The molecule has 19 heavy (non-hydrogen) atoms. The van der Waals surface area contributed by atoms with E-state index in [2.05, 4.69) is 5.10 Å². The first kappa shape index (κ1) is 13.4. The molecule has 0 unspecified atom stereocenters. The Balaban J connectivity index is 2.24. The fraction of sp³-hybridized carbons (Fsp3) is 0.250. The maximum Gasteiger partial charge on any atom is 0.183 e. The smallest absolute Gasteiger partial charge is 0.183 e. The first-order valence-corrected chi connectivity index (χ1v) is 7.32. The van der Waals surface area contributed by atoms with E-state index in [4.69, 9.17) is 10.5 Å². The zero-order valence-electron chi connectivity index (χ0n) is 10.5. The molecule has 2 aromatic rings. The summed E-state index contributed by atoms with van der Waals surface area (Å²) in [5.74, 6) is 0.218. The zero-order valence-corrected chi connectivity index (χ0v) is 11.3. The molecule has 0 aliphatic heterocycles. The van der Waals surface area contributed by atoms with E-state index < -0.39 is 9.84 Å². The number of aromatic nitrogens is 2. The number of rotatable bonds is 5. The molecular formula is C12H15N3O3S. The Hall–Kier alpha value is -2.02. The molecule has 102 valence electrons. The van der Waals surface area contributed by atoms with Crippen LogP contribution < -0.4 is 10.5 Å². The van der Waals surface area contributed by atoms with Crippen LogP contribution in [0.3, 0.4) is 0 Å². The van der Waals surface area contributed by atoms with E-state index >= 15 is 0 Å². The van der Waals surface area contributed by atoms with Crippen LogP contribution in [0.25, 0.3) is 0 Å². The standard InChI is InChI=1S/C12H15N3O3S/c1-18-11-9-10(13)3-4-12(11)19(16,17)8-7-15-6-2-5-14-15/h2-6,9H,7-8,13H2,1H3. The van der Waals surface area contributed by atoms with E-state index in [1.807, 2.05) is 0 Å². The van der Waals surface area contributed by atoms with Gasteiger partial charge in [-0.15, -0.1) is 0 Å². The molecule has 0 atom stereocenters. The van der Waals surface area contributed by atoms with E-state index in [0.717, 1.165) is 0 Å². The topological polar surface area (TPSA) is 87.2 Å². The number of benzene rings is 1. The SMILES string of the molecule is COc1cc(N)ccc1S(=O)(=O)CCn1cccn1. The number of anilines is 1. The largest absolute Gasteiger partial charge is 0.495 e. The summed E-state index contributed by atoms with van der Waals surface area (Å²) in [6.07, 6.45) is 3.33. The molecule has 0 saturated heterocycles.